The average molecular weight is 300 g/mol. The van der Waals surface area contributed by atoms with E-state index in [9.17, 15) is 4.79 Å². The number of hydrogen-bond donors (Lipinski definition) is 0. The number of Topliss-reactive ketones (excluding diaryl/α,β-unsaturated/α-hetero) is 1. The van der Waals surface area contributed by atoms with Crippen molar-refractivity contribution in [3.05, 3.63) is 35.4 Å². The maximum atomic E-state index is 12.5. The maximum absolute atomic E-state index is 12.5. The van der Waals surface area contributed by atoms with Crippen molar-refractivity contribution < 1.29 is 4.79 Å². The smallest absolute Gasteiger partial charge is 0.140 e. The highest BCUT2D eigenvalue weighted by atomic mass is 16.1. The first-order valence-corrected chi connectivity index (χ1v) is 9.36. The Morgan fingerprint density at radius 1 is 0.955 bits per heavy atom. The number of hydrogen-bond acceptors (Lipinski definition) is 1. The molecule has 22 heavy (non-hydrogen) atoms. The van der Waals surface area contributed by atoms with Crippen LogP contribution in [0.15, 0.2) is 24.3 Å². The number of ketones is 1. The van der Waals surface area contributed by atoms with Crippen LogP contribution in [0.25, 0.3) is 0 Å². The predicted octanol–water partition coefficient (Wildman–Crippen LogP) is 6.06. The molecule has 122 valence electrons. The molecular weight excluding hydrogens is 268 g/mol. The summed E-state index contributed by atoms with van der Waals surface area (Å²) in [7, 11) is 0. The lowest BCUT2D eigenvalue weighted by atomic mass is 9.76. The molecule has 1 aromatic carbocycles. The van der Waals surface area contributed by atoms with Crippen LogP contribution in [0.3, 0.4) is 0 Å². The molecule has 0 aromatic heterocycles. The predicted molar refractivity (Wildman–Crippen MR) is 94.3 cm³/mol. The Balaban J connectivity index is 1.87. The standard InChI is InChI=1S/C21H32O/c1-3-5-7-9-18-12-15-20(21(22)16-18)19-13-10-17(11-14-19)8-6-4-2/h10-11,13-14,18,20H,3-9,12,15-16H2,1-2H3/t18-,20+/m1/s1. The second-order valence-corrected chi connectivity index (χ2v) is 7.01. The molecule has 1 aromatic rings. The van der Waals surface area contributed by atoms with Crippen molar-refractivity contribution in [1.29, 1.82) is 0 Å². The maximum Gasteiger partial charge on any atom is 0.140 e. The Morgan fingerprint density at radius 2 is 1.68 bits per heavy atom. The molecule has 0 radical (unpaired) electrons. The first kappa shape index (κ1) is 17.2. The SMILES string of the molecule is CCCCC[C@@H]1CC[C@@H](c2ccc(CCCC)cc2)C(=O)C1. The molecule has 1 nitrogen and oxygen atoms in total. The number of carbonyl (C=O) groups is 1. The van der Waals surface area contributed by atoms with Crippen LogP contribution >= 0.6 is 0 Å². The summed E-state index contributed by atoms with van der Waals surface area (Å²) in [5.41, 5.74) is 2.66. The van der Waals surface area contributed by atoms with Gasteiger partial charge in [0.1, 0.15) is 5.78 Å². The van der Waals surface area contributed by atoms with Gasteiger partial charge in [-0.25, -0.2) is 0 Å². The summed E-state index contributed by atoms with van der Waals surface area (Å²) in [5.74, 6) is 1.30. The van der Waals surface area contributed by atoms with Crippen molar-refractivity contribution in [1.82, 2.24) is 0 Å². The Kier molecular flexibility index (Phi) is 7.15. The van der Waals surface area contributed by atoms with Crippen molar-refractivity contribution in [3.63, 3.8) is 0 Å². The summed E-state index contributed by atoms with van der Waals surface area (Å²) in [6.45, 7) is 4.47. The summed E-state index contributed by atoms with van der Waals surface area (Å²) in [6.07, 6.45) is 11.9. The highest BCUT2D eigenvalue weighted by molar-refractivity contribution is 5.86. The number of carbonyl (C=O) groups excluding carboxylic acids is 1. The average Bonchev–Trinajstić information content (AvgIpc) is 2.54. The van der Waals surface area contributed by atoms with E-state index >= 15 is 0 Å². The van der Waals surface area contributed by atoms with Gasteiger partial charge in [-0.05, 0) is 42.7 Å². The van der Waals surface area contributed by atoms with E-state index in [0.717, 1.165) is 19.3 Å². The van der Waals surface area contributed by atoms with E-state index in [0.29, 0.717) is 11.7 Å². The summed E-state index contributed by atoms with van der Waals surface area (Å²) in [4.78, 5) is 12.5. The van der Waals surface area contributed by atoms with Gasteiger partial charge >= 0.3 is 0 Å². The van der Waals surface area contributed by atoms with Gasteiger partial charge in [0.15, 0.2) is 0 Å². The molecule has 2 rings (SSSR count). The molecule has 1 saturated carbocycles. The van der Waals surface area contributed by atoms with Crippen LogP contribution in [0.1, 0.15) is 88.7 Å². The normalized spacial score (nSPS) is 22.0. The zero-order chi connectivity index (χ0) is 15.8. The van der Waals surface area contributed by atoms with Gasteiger partial charge in [-0.15, -0.1) is 0 Å². The van der Waals surface area contributed by atoms with E-state index in [4.69, 9.17) is 0 Å². The van der Waals surface area contributed by atoms with Crippen LogP contribution in [0, 0.1) is 5.92 Å². The lowest BCUT2D eigenvalue weighted by Gasteiger charge is -2.27. The van der Waals surface area contributed by atoms with Gasteiger partial charge in [0.05, 0.1) is 0 Å². The highest BCUT2D eigenvalue weighted by Gasteiger charge is 2.29. The van der Waals surface area contributed by atoms with Crippen molar-refractivity contribution >= 4 is 5.78 Å². The molecule has 1 fully saturated rings. The minimum atomic E-state index is 0.169. The number of rotatable bonds is 8. The molecule has 1 aliphatic rings. The van der Waals surface area contributed by atoms with Crippen LogP contribution in [-0.2, 0) is 11.2 Å². The van der Waals surface area contributed by atoms with Gasteiger partial charge in [0, 0.05) is 12.3 Å². The van der Waals surface area contributed by atoms with Crippen LogP contribution < -0.4 is 0 Å². The number of aryl methyl sites for hydroxylation is 1. The summed E-state index contributed by atoms with van der Waals surface area (Å²) >= 11 is 0. The molecule has 0 aliphatic heterocycles. The Morgan fingerprint density at radius 3 is 2.32 bits per heavy atom. The lowest BCUT2D eigenvalue weighted by Crippen LogP contribution is -2.23. The summed E-state index contributed by atoms with van der Waals surface area (Å²) in [6, 6.07) is 8.85. The van der Waals surface area contributed by atoms with Gasteiger partial charge in [0.2, 0.25) is 0 Å². The topological polar surface area (TPSA) is 17.1 Å². The van der Waals surface area contributed by atoms with Crippen molar-refractivity contribution in [2.75, 3.05) is 0 Å². The van der Waals surface area contributed by atoms with E-state index in [1.807, 2.05) is 0 Å². The molecule has 0 bridgehead atoms. The van der Waals surface area contributed by atoms with E-state index in [1.165, 1.54) is 56.1 Å². The van der Waals surface area contributed by atoms with E-state index in [2.05, 4.69) is 38.1 Å². The van der Waals surface area contributed by atoms with Crippen LogP contribution in [0.4, 0.5) is 0 Å². The Labute approximate surface area is 136 Å². The van der Waals surface area contributed by atoms with Gasteiger partial charge in [0.25, 0.3) is 0 Å². The van der Waals surface area contributed by atoms with Gasteiger partial charge in [-0.2, -0.15) is 0 Å². The van der Waals surface area contributed by atoms with Crippen molar-refractivity contribution in [2.24, 2.45) is 5.92 Å². The fourth-order valence-corrected chi connectivity index (χ4v) is 3.67. The first-order valence-electron chi connectivity index (χ1n) is 9.36. The second-order valence-electron chi connectivity index (χ2n) is 7.01. The number of benzene rings is 1. The van der Waals surface area contributed by atoms with Gasteiger partial charge in [-0.1, -0.05) is 70.2 Å². The van der Waals surface area contributed by atoms with E-state index < -0.39 is 0 Å². The monoisotopic (exact) mass is 300 g/mol. The van der Waals surface area contributed by atoms with Crippen molar-refractivity contribution in [3.8, 4) is 0 Å². The molecule has 0 spiro atoms. The Hall–Kier alpha value is -1.11. The van der Waals surface area contributed by atoms with Crippen molar-refractivity contribution in [2.45, 2.75) is 84.0 Å². The van der Waals surface area contributed by atoms with Crippen LogP contribution in [0.5, 0.6) is 0 Å². The van der Waals surface area contributed by atoms with Gasteiger partial charge < -0.3 is 0 Å². The minimum absolute atomic E-state index is 0.169. The molecule has 2 atom stereocenters. The molecule has 1 aliphatic carbocycles. The largest absolute Gasteiger partial charge is 0.299 e. The zero-order valence-corrected chi connectivity index (χ0v) is 14.4. The quantitative estimate of drug-likeness (QED) is 0.533. The lowest BCUT2D eigenvalue weighted by molar-refractivity contribution is -0.123. The van der Waals surface area contributed by atoms with E-state index in [-0.39, 0.29) is 5.92 Å². The van der Waals surface area contributed by atoms with Crippen LogP contribution in [0.2, 0.25) is 0 Å². The highest BCUT2D eigenvalue weighted by Crippen LogP contribution is 2.35. The molecule has 1 heteroatoms. The Bertz CT molecular complexity index is 445. The molecular formula is C21H32O. The molecule has 0 heterocycles. The molecule has 0 N–H and O–H groups in total. The van der Waals surface area contributed by atoms with E-state index in [1.54, 1.807) is 0 Å². The molecule has 0 saturated heterocycles. The second kappa shape index (κ2) is 9.12. The number of unbranched alkanes of at least 4 members (excludes halogenated alkanes) is 3. The fraction of sp³-hybridized carbons (Fsp3) is 0.667. The minimum Gasteiger partial charge on any atom is -0.299 e. The molecule has 0 amide bonds. The molecule has 0 unspecified atom stereocenters. The third-order valence-corrected chi connectivity index (χ3v) is 5.16. The summed E-state index contributed by atoms with van der Waals surface area (Å²) < 4.78 is 0. The third-order valence-electron chi connectivity index (χ3n) is 5.16. The zero-order valence-electron chi connectivity index (χ0n) is 14.4. The summed E-state index contributed by atoms with van der Waals surface area (Å²) in [5, 5.41) is 0. The van der Waals surface area contributed by atoms with Gasteiger partial charge in [-0.3, -0.25) is 4.79 Å². The third kappa shape index (κ3) is 4.97. The van der Waals surface area contributed by atoms with Crippen LogP contribution in [-0.4, -0.2) is 5.78 Å². The fourth-order valence-electron chi connectivity index (χ4n) is 3.67. The first-order chi connectivity index (χ1) is 10.7.